The third-order valence-corrected chi connectivity index (χ3v) is 5.96. The van der Waals surface area contributed by atoms with Crippen LogP contribution in [-0.2, 0) is 4.79 Å². The molecule has 4 rings (SSSR count). The Morgan fingerprint density at radius 3 is 2.78 bits per heavy atom. The molecule has 188 valence electrons. The van der Waals surface area contributed by atoms with Crippen molar-refractivity contribution in [3.63, 3.8) is 0 Å². The summed E-state index contributed by atoms with van der Waals surface area (Å²) < 4.78 is 21.2. The number of amides is 1. The van der Waals surface area contributed by atoms with Gasteiger partial charge in [-0.05, 0) is 24.3 Å². The highest BCUT2D eigenvalue weighted by Gasteiger charge is 2.16. The first-order valence-electron chi connectivity index (χ1n) is 11.0. The third-order valence-electron chi connectivity index (χ3n) is 5.68. The van der Waals surface area contributed by atoms with Crippen LogP contribution in [0.25, 0.3) is 17.0 Å². The number of ether oxygens (including phenoxy) is 1. The number of anilines is 3. The number of nitrogens with zero attached hydrogens (tertiary/aromatic N) is 6. The van der Waals surface area contributed by atoms with E-state index in [1.54, 1.807) is 30.8 Å². The summed E-state index contributed by atoms with van der Waals surface area (Å²) in [6.45, 7) is 0.492. The molecule has 0 bridgehead atoms. The molecule has 0 saturated carbocycles. The van der Waals surface area contributed by atoms with E-state index >= 15 is 0 Å². The number of imidazole rings is 1. The van der Waals surface area contributed by atoms with E-state index in [1.165, 1.54) is 23.4 Å². The third kappa shape index (κ3) is 5.16. The van der Waals surface area contributed by atoms with Crippen LogP contribution in [0.15, 0.2) is 48.9 Å². The zero-order valence-electron chi connectivity index (χ0n) is 19.9. The van der Waals surface area contributed by atoms with E-state index in [2.05, 4.69) is 20.3 Å². The summed E-state index contributed by atoms with van der Waals surface area (Å²) >= 11 is 6.37. The number of hydrogen-bond acceptors (Lipinski definition) is 8. The molecule has 10 nitrogen and oxygen atoms in total. The Morgan fingerprint density at radius 1 is 1.22 bits per heavy atom. The van der Waals surface area contributed by atoms with Crippen molar-refractivity contribution in [3.8, 4) is 17.1 Å². The van der Waals surface area contributed by atoms with Crippen molar-refractivity contribution >= 4 is 40.5 Å². The molecule has 0 aliphatic rings. The fraction of sp³-hybridized carbons (Fsp3) is 0.250. The lowest BCUT2D eigenvalue weighted by Crippen LogP contribution is -2.36. The minimum absolute atomic E-state index is 0.171. The highest BCUT2D eigenvalue weighted by Crippen LogP contribution is 2.33. The van der Waals surface area contributed by atoms with Gasteiger partial charge in [-0.15, -0.1) is 0 Å². The predicted molar refractivity (Wildman–Crippen MR) is 135 cm³/mol. The van der Waals surface area contributed by atoms with Crippen molar-refractivity contribution in [2.75, 3.05) is 51.1 Å². The van der Waals surface area contributed by atoms with E-state index in [4.69, 9.17) is 21.4 Å². The first kappa shape index (κ1) is 25.1. The fourth-order valence-electron chi connectivity index (χ4n) is 3.57. The van der Waals surface area contributed by atoms with Gasteiger partial charge >= 0.3 is 0 Å². The predicted octanol–water partition coefficient (Wildman–Crippen LogP) is 3.22. The average molecular weight is 514 g/mol. The van der Waals surface area contributed by atoms with Crippen LogP contribution in [-0.4, -0.2) is 76.2 Å². The quantitative estimate of drug-likeness (QED) is 0.351. The first-order valence-corrected chi connectivity index (χ1v) is 11.4. The minimum Gasteiger partial charge on any atom is -0.494 e. The molecule has 3 aromatic heterocycles. The average Bonchev–Trinajstić information content (AvgIpc) is 3.33. The number of carbonyl (C=O) groups excluding carboxylic acids is 1. The van der Waals surface area contributed by atoms with Crippen LogP contribution in [0.3, 0.4) is 0 Å². The number of hydrogen-bond donors (Lipinski definition) is 2. The molecule has 1 aromatic carbocycles. The van der Waals surface area contributed by atoms with Gasteiger partial charge in [-0.3, -0.25) is 9.20 Å². The maximum atomic E-state index is 14.1. The number of methoxy groups -OCH3 is 1. The fourth-order valence-corrected chi connectivity index (χ4v) is 3.76. The number of rotatable bonds is 9. The van der Waals surface area contributed by atoms with Gasteiger partial charge in [-0.25, -0.2) is 19.3 Å². The molecule has 0 aliphatic heterocycles. The van der Waals surface area contributed by atoms with Gasteiger partial charge in [0.1, 0.15) is 18.1 Å². The molecule has 0 radical (unpaired) electrons. The van der Waals surface area contributed by atoms with Crippen molar-refractivity contribution in [1.29, 1.82) is 0 Å². The van der Waals surface area contributed by atoms with Gasteiger partial charge in [0.15, 0.2) is 11.5 Å². The molecule has 3 heterocycles. The van der Waals surface area contributed by atoms with Crippen molar-refractivity contribution in [3.05, 3.63) is 59.8 Å². The number of likely N-dealkylation sites (N-methyl/N-ethyl adjacent to an activating group) is 2. The van der Waals surface area contributed by atoms with Crippen LogP contribution in [0, 0.1) is 5.82 Å². The molecule has 1 amide bonds. The Hall–Kier alpha value is -3.96. The zero-order valence-corrected chi connectivity index (χ0v) is 20.7. The molecule has 0 unspecified atom stereocenters. The van der Waals surface area contributed by atoms with E-state index < -0.39 is 12.4 Å². The number of aliphatic hydroxyl groups is 1. The summed E-state index contributed by atoms with van der Waals surface area (Å²) in [6.07, 6.45) is 4.65. The first-order chi connectivity index (χ1) is 17.3. The minimum atomic E-state index is -0.517. The van der Waals surface area contributed by atoms with Crippen molar-refractivity contribution in [2.45, 2.75) is 0 Å². The zero-order chi connectivity index (χ0) is 25.8. The molecule has 0 atom stereocenters. The van der Waals surface area contributed by atoms with Crippen LogP contribution < -0.4 is 15.0 Å². The number of carbonyl (C=O) groups is 1. The normalized spacial score (nSPS) is 10.9. The molecule has 0 aliphatic carbocycles. The molecule has 12 heteroatoms. The molecule has 0 fully saturated rings. The number of aromatic nitrogens is 4. The number of pyridine rings is 1. The maximum absolute atomic E-state index is 14.1. The monoisotopic (exact) mass is 513 g/mol. The molecule has 0 spiro atoms. The van der Waals surface area contributed by atoms with E-state index in [-0.39, 0.29) is 17.5 Å². The van der Waals surface area contributed by atoms with Crippen molar-refractivity contribution in [2.24, 2.45) is 0 Å². The smallest absolute Gasteiger partial charge is 0.248 e. The van der Waals surface area contributed by atoms with Crippen molar-refractivity contribution < 1.29 is 19.0 Å². The summed E-state index contributed by atoms with van der Waals surface area (Å²) in [4.78, 5) is 27.9. The van der Waals surface area contributed by atoms with Crippen LogP contribution in [0.5, 0.6) is 5.75 Å². The van der Waals surface area contributed by atoms with Crippen LogP contribution >= 0.6 is 11.6 Å². The summed E-state index contributed by atoms with van der Waals surface area (Å²) in [5, 5.41) is 12.4. The van der Waals surface area contributed by atoms with Gasteiger partial charge < -0.3 is 25.0 Å². The molecule has 0 saturated heterocycles. The Bertz CT molecular complexity index is 1400. The second-order valence-electron chi connectivity index (χ2n) is 7.99. The standard InChI is InChI=1S/C24H25ClFN7O3/c1-31(9-10-32(2)21(35)14-34)15-6-7-18(20(11-15)36-3)29-24-28-12-16(25)22(30-24)19-13-27-23-17(26)5-4-8-33(19)23/h4-8,11-13,34H,9-10,14H2,1-3H3,(H,28,29,30). The Balaban J connectivity index is 1.56. The molecular weight excluding hydrogens is 489 g/mol. The Labute approximate surface area is 211 Å². The van der Waals surface area contributed by atoms with Gasteiger partial charge in [-0.1, -0.05) is 11.6 Å². The van der Waals surface area contributed by atoms with Crippen LogP contribution in [0.1, 0.15) is 0 Å². The summed E-state index contributed by atoms with van der Waals surface area (Å²) in [5.74, 6) is 0.0334. The molecule has 2 N–H and O–H groups in total. The number of aliphatic hydroxyl groups excluding tert-OH is 1. The van der Waals surface area contributed by atoms with Crippen LogP contribution in [0.2, 0.25) is 5.02 Å². The van der Waals surface area contributed by atoms with E-state index in [0.717, 1.165) is 5.69 Å². The lowest BCUT2D eigenvalue weighted by molar-refractivity contribution is -0.132. The summed E-state index contributed by atoms with van der Waals surface area (Å²) in [5.41, 5.74) is 2.58. The maximum Gasteiger partial charge on any atom is 0.248 e. The SMILES string of the molecule is COc1cc(N(C)CCN(C)C(=O)CO)ccc1Nc1ncc(Cl)c(-c2cnc3c(F)cccn23)n1. The van der Waals surface area contributed by atoms with E-state index in [0.29, 0.717) is 40.9 Å². The van der Waals surface area contributed by atoms with Gasteiger partial charge in [0.05, 0.1) is 35.9 Å². The highest BCUT2D eigenvalue weighted by atomic mass is 35.5. The molecule has 36 heavy (non-hydrogen) atoms. The largest absolute Gasteiger partial charge is 0.494 e. The second kappa shape index (κ2) is 10.8. The van der Waals surface area contributed by atoms with Crippen LogP contribution in [0.4, 0.5) is 21.7 Å². The molecule has 4 aromatic rings. The lowest BCUT2D eigenvalue weighted by atomic mass is 10.2. The van der Waals surface area contributed by atoms with Gasteiger partial charge in [0, 0.05) is 45.1 Å². The topological polar surface area (TPSA) is 108 Å². The number of nitrogens with one attached hydrogen (secondary N) is 1. The summed E-state index contributed by atoms with van der Waals surface area (Å²) in [7, 11) is 5.09. The Kier molecular flexibility index (Phi) is 7.51. The van der Waals surface area contributed by atoms with Gasteiger partial charge in [0.25, 0.3) is 0 Å². The van der Waals surface area contributed by atoms with Gasteiger partial charge in [0.2, 0.25) is 11.9 Å². The Morgan fingerprint density at radius 2 is 2.03 bits per heavy atom. The number of halogens is 2. The van der Waals surface area contributed by atoms with E-state index in [1.807, 2.05) is 30.1 Å². The summed E-state index contributed by atoms with van der Waals surface area (Å²) in [6, 6.07) is 8.48. The highest BCUT2D eigenvalue weighted by molar-refractivity contribution is 6.32. The molecular formula is C24H25ClFN7O3. The van der Waals surface area contributed by atoms with E-state index in [9.17, 15) is 9.18 Å². The second-order valence-corrected chi connectivity index (χ2v) is 8.40. The number of fused-ring (bicyclic) bond motifs is 1. The van der Waals surface area contributed by atoms with Crippen molar-refractivity contribution in [1.82, 2.24) is 24.3 Å². The lowest BCUT2D eigenvalue weighted by Gasteiger charge is -2.24. The van der Waals surface area contributed by atoms with Gasteiger partial charge in [-0.2, -0.15) is 0 Å². The number of benzene rings is 1.